The highest BCUT2D eigenvalue weighted by atomic mass is 15.1. The highest BCUT2D eigenvalue weighted by Gasteiger charge is 2.38. The van der Waals surface area contributed by atoms with Crippen molar-refractivity contribution in [3.63, 3.8) is 0 Å². The van der Waals surface area contributed by atoms with E-state index in [2.05, 4.69) is 11.0 Å². The van der Waals surface area contributed by atoms with Gasteiger partial charge in [0.15, 0.2) is 0 Å². The SMILES string of the molecule is N#CC1(CN2CCCCC2)CCC1. The first-order valence-corrected chi connectivity index (χ1v) is 5.48. The van der Waals surface area contributed by atoms with Crippen molar-refractivity contribution in [1.82, 2.24) is 4.90 Å². The van der Waals surface area contributed by atoms with Crippen molar-refractivity contribution in [2.45, 2.75) is 38.5 Å². The Morgan fingerprint density at radius 3 is 2.23 bits per heavy atom. The van der Waals surface area contributed by atoms with Crippen LogP contribution in [0.1, 0.15) is 38.5 Å². The average Bonchev–Trinajstić information content (AvgIpc) is 2.13. The van der Waals surface area contributed by atoms with Crippen LogP contribution in [0.4, 0.5) is 0 Å². The Bertz CT molecular complexity index is 207. The monoisotopic (exact) mass is 178 g/mol. The Hall–Kier alpha value is -0.550. The van der Waals surface area contributed by atoms with E-state index in [-0.39, 0.29) is 5.41 Å². The number of hydrogen-bond acceptors (Lipinski definition) is 2. The summed E-state index contributed by atoms with van der Waals surface area (Å²) in [5.41, 5.74) is 0.0529. The molecule has 0 aromatic heterocycles. The maximum atomic E-state index is 9.09. The van der Waals surface area contributed by atoms with Gasteiger partial charge in [-0.3, -0.25) is 0 Å². The normalized spacial score (nSPS) is 27.6. The molecule has 0 radical (unpaired) electrons. The molecule has 1 saturated carbocycles. The molecule has 2 nitrogen and oxygen atoms in total. The van der Waals surface area contributed by atoms with E-state index >= 15 is 0 Å². The maximum Gasteiger partial charge on any atom is 0.0703 e. The highest BCUT2D eigenvalue weighted by molar-refractivity contribution is 5.06. The summed E-state index contributed by atoms with van der Waals surface area (Å²) in [6.45, 7) is 3.50. The Morgan fingerprint density at radius 1 is 1.08 bits per heavy atom. The molecule has 72 valence electrons. The van der Waals surface area contributed by atoms with E-state index in [9.17, 15) is 0 Å². The minimum Gasteiger partial charge on any atom is -0.302 e. The van der Waals surface area contributed by atoms with Crippen molar-refractivity contribution in [1.29, 1.82) is 5.26 Å². The summed E-state index contributed by atoms with van der Waals surface area (Å²) < 4.78 is 0. The number of nitriles is 1. The zero-order valence-electron chi connectivity index (χ0n) is 8.26. The largest absolute Gasteiger partial charge is 0.302 e. The summed E-state index contributed by atoms with van der Waals surface area (Å²) in [7, 11) is 0. The van der Waals surface area contributed by atoms with Gasteiger partial charge < -0.3 is 4.90 Å². The van der Waals surface area contributed by atoms with E-state index in [0.717, 1.165) is 19.4 Å². The third kappa shape index (κ3) is 1.86. The molecule has 0 atom stereocenters. The standard InChI is InChI=1S/C11H18N2/c12-9-11(5-4-6-11)10-13-7-2-1-3-8-13/h1-8,10H2. The highest BCUT2D eigenvalue weighted by Crippen LogP contribution is 2.41. The number of likely N-dealkylation sites (tertiary alicyclic amines) is 1. The molecule has 0 spiro atoms. The van der Waals surface area contributed by atoms with Crippen LogP contribution in [0.3, 0.4) is 0 Å². The Balaban J connectivity index is 1.85. The van der Waals surface area contributed by atoms with Crippen molar-refractivity contribution in [3.8, 4) is 6.07 Å². The fraction of sp³-hybridized carbons (Fsp3) is 0.909. The topological polar surface area (TPSA) is 27.0 Å². The summed E-state index contributed by atoms with van der Waals surface area (Å²) in [4.78, 5) is 2.49. The quantitative estimate of drug-likeness (QED) is 0.648. The van der Waals surface area contributed by atoms with Crippen LogP contribution in [-0.4, -0.2) is 24.5 Å². The van der Waals surface area contributed by atoms with Gasteiger partial charge in [-0.2, -0.15) is 5.26 Å². The second kappa shape index (κ2) is 3.67. The molecule has 1 heterocycles. The summed E-state index contributed by atoms with van der Waals surface area (Å²) in [6.07, 6.45) is 7.60. The molecule has 1 aliphatic heterocycles. The first-order chi connectivity index (χ1) is 6.35. The zero-order valence-corrected chi connectivity index (χ0v) is 8.26. The third-order valence-electron chi connectivity index (χ3n) is 3.52. The summed E-state index contributed by atoms with van der Waals surface area (Å²) in [5.74, 6) is 0. The molecule has 0 unspecified atom stereocenters. The van der Waals surface area contributed by atoms with Crippen LogP contribution in [0.5, 0.6) is 0 Å². The second-order valence-corrected chi connectivity index (χ2v) is 4.58. The van der Waals surface area contributed by atoms with Gasteiger partial charge in [-0.25, -0.2) is 0 Å². The van der Waals surface area contributed by atoms with Crippen molar-refractivity contribution >= 4 is 0 Å². The maximum absolute atomic E-state index is 9.09. The van der Waals surface area contributed by atoms with Gasteiger partial charge in [0.1, 0.15) is 0 Å². The smallest absolute Gasteiger partial charge is 0.0703 e. The molecular formula is C11H18N2. The van der Waals surface area contributed by atoms with Gasteiger partial charge in [-0.1, -0.05) is 12.8 Å². The Morgan fingerprint density at radius 2 is 1.77 bits per heavy atom. The fourth-order valence-electron chi connectivity index (χ4n) is 2.45. The third-order valence-corrected chi connectivity index (χ3v) is 3.52. The molecule has 2 aliphatic rings. The molecule has 2 fully saturated rings. The summed E-state index contributed by atoms with van der Waals surface area (Å²) in [6, 6.07) is 2.52. The molecule has 0 aromatic rings. The van der Waals surface area contributed by atoms with Gasteiger partial charge in [-0.15, -0.1) is 0 Å². The lowest BCUT2D eigenvalue weighted by atomic mass is 9.69. The molecule has 1 saturated heterocycles. The number of hydrogen-bond donors (Lipinski definition) is 0. The van der Waals surface area contributed by atoms with Crippen LogP contribution in [-0.2, 0) is 0 Å². The molecule has 13 heavy (non-hydrogen) atoms. The summed E-state index contributed by atoms with van der Waals surface area (Å²) >= 11 is 0. The van der Waals surface area contributed by atoms with Crippen LogP contribution >= 0.6 is 0 Å². The Kier molecular flexibility index (Phi) is 2.55. The molecule has 0 bridgehead atoms. The lowest BCUT2D eigenvalue weighted by Crippen LogP contribution is -2.43. The number of nitrogens with zero attached hydrogens (tertiary/aromatic N) is 2. The molecule has 0 N–H and O–H groups in total. The van der Waals surface area contributed by atoms with Gasteiger partial charge in [-0.05, 0) is 38.8 Å². The minimum atomic E-state index is 0.0529. The van der Waals surface area contributed by atoms with Gasteiger partial charge >= 0.3 is 0 Å². The minimum absolute atomic E-state index is 0.0529. The van der Waals surface area contributed by atoms with Gasteiger partial charge in [0, 0.05) is 6.54 Å². The summed E-state index contributed by atoms with van der Waals surface area (Å²) in [5, 5.41) is 9.09. The lowest BCUT2D eigenvalue weighted by Gasteiger charge is -2.40. The van der Waals surface area contributed by atoms with E-state index in [1.54, 1.807) is 0 Å². The van der Waals surface area contributed by atoms with Crippen molar-refractivity contribution < 1.29 is 0 Å². The van der Waals surface area contributed by atoms with E-state index in [1.807, 2.05) is 0 Å². The van der Waals surface area contributed by atoms with E-state index in [1.165, 1.54) is 38.8 Å². The zero-order chi connectivity index (χ0) is 9.15. The lowest BCUT2D eigenvalue weighted by molar-refractivity contribution is 0.106. The van der Waals surface area contributed by atoms with Crippen molar-refractivity contribution in [2.24, 2.45) is 5.41 Å². The van der Waals surface area contributed by atoms with E-state index in [0.29, 0.717) is 0 Å². The second-order valence-electron chi connectivity index (χ2n) is 4.58. The number of rotatable bonds is 2. The van der Waals surface area contributed by atoms with Crippen LogP contribution in [0, 0.1) is 16.7 Å². The van der Waals surface area contributed by atoms with Crippen molar-refractivity contribution in [2.75, 3.05) is 19.6 Å². The van der Waals surface area contributed by atoms with E-state index < -0.39 is 0 Å². The molecule has 2 rings (SSSR count). The molecule has 2 heteroatoms. The van der Waals surface area contributed by atoms with Crippen LogP contribution in [0.2, 0.25) is 0 Å². The molecular weight excluding hydrogens is 160 g/mol. The average molecular weight is 178 g/mol. The van der Waals surface area contributed by atoms with Gasteiger partial charge in [0.2, 0.25) is 0 Å². The van der Waals surface area contributed by atoms with E-state index in [4.69, 9.17) is 5.26 Å². The van der Waals surface area contributed by atoms with Crippen LogP contribution in [0.25, 0.3) is 0 Å². The molecule has 0 amide bonds. The van der Waals surface area contributed by atoms with Crippen molar-refractivity contribution in [3.05, 3.63) is 0 Å². The van der Waals surface area contributed by atoms with Crippen LogP contribution in [0.15, 0.2) is 0 Å². The predicted octanol–water partition coefficient (Wildman–Crippen LogP) is 2.17. The first kappa shape index (κ1) is 9.02. The predicted molar refractivity (Wildman–Crippen MR) is 52.2 cm³/mol. The van der Waals surface area contributed by atoms with Gasteiger partial charge in [0.25, 0.3) is 0 Å². The van der Waals surface area contributed by atoms with Gasteiger partial charge in [0.05, 0.1) is 11.5 Å². The van der Waals surface area contributed by atoms with Crippen LogP contribution < -0.4 is 0 Å². The number of piperidine rings is 1. The molecule has 1 aliphatic carbocycles. The fourth-order valence-corrected chi connectivity index (χ4v) is 2.45. The molecule has 0 aromatic carbocycles. The first-order valence-electron chi connectivity index (χ1n) is 5.48. The Labute approximate surface area is 80.5 Å².